The average Bonchev–Trinajstić information content (AvgIpc) is 2.86. The van der Waals surface area contributed by atoms with E-state index in [2.05, 4.69) is 31.3 Å². The first-order valence-electron chi connectivity index (χ1n) is 11.7. The fourth-order valence-corrected chi connectivity index (χ4v) is 4.53. The van der Waals surface area contributed by atoms with E-state index in [1.165, 1.54) is 5.56 Å². The number of hydrogen-bond acceptors (Lipinski definition) is 4. The van der Waals surface area contributed by atoms with Crippen LogP contribution in [0.4, 0.5) is 10.5 Å². The van der Waals surface area contributed by atoms with Crippen LogP contribution in [-0.2, 0) is 6.42 Å². The first kappa shape index (κ1) is 24.7. The van der Waals surface area contributed by atoms with E-state index in [4.69, 9.17) is 25.8 Å². The molecule has 0 bridgehead atoms. The Hall–Kier alpha value is -3.38. The van der Waals surface area contributed by atoms with Gasteiger partial charge in [0.2, 0.25) is 0 Å². The summed E-state index contributed by atoms with van der Waals surface area (Å²) in [4.78, 5) is 15.2. The smallest absolute Gasteiger partial charge is 0.322 e. The van der Waals surface area contributed by atoms with Crippen molar-refractivity contribution in [1.82, 2.24) is 4.90 Å². The lowest BCUT2D eigenvalue weighted by Gasteiger charge is -2.37. The van der Waals surface area contributed by atoms with Gasteiger partial charge >= 0.3 is 6.03 Å². The van der Waals surface area contributed by atoms with Crippen molar-refractivity contribution >= 4 is 23.3 Å². The topological polar surface area (TPSA) is 60.0 Å². The molecule has 0 radical (unpaired) electrons. The fraction of sp³-hybridized carbons (Fsp3) is 0.321. The summed E-state index contributed by atoms with van der Waals surface area (Å²) in [5.74, 6) is 2.50. The van der Waals surface area contributed by atoms with Crippen molar-refractivity contribution in [1.29, 1.82) is 0 Å². The van der Waals surface area contributed by atoms with Gasteiger partial charge < -0.3 is 24.4 Å². The summed E-state index contributed by atoms with van der Waals surface area (Å²) in [6, 6.07) is 18.6. The minimum Gasteiger partial charge on any atom is -0.493 e. The number of halogens is 1. The number of benzene rings is 3. The number of fused-ring (bicyclic) bond motifs is 1. The second-order valence-corrected chi connectivity index (χ2v) is 9.28. The Morgan fingerprint density at radius 3 is 2.43 bits per heavy atom. The lowest BCUT2D eigenvalue weighted by Crippen LogP contribution is -2.44. The molecule has 0 saturated carbocycles. The van der Waals surface area contributed by atoms with Crippen LogP contribution in [0.3, 0.4) is 0 Å². The second kappa shape index (κ2) is 10.9. The first-order chi connectivity index (χ1) is 16.9. The SMILES string of the molecule is COc1cc2c(cc1OC)[C@@H](COc1ccc(C(C)C)cc1)N(C(=O)Nc1cccc(Cl)c1)CC2. The molecule has 7 heteroatoms. The molecule has 4 rings (SSSR count). The Bertz CT molecular complexity index is 1180. The maximum absolute atomic E-state index is 13.4. The third kappa shape index (κ3) is 5.65. The van der Waals surface area contributed by atoms with Crippen molar-refractivity contribution in [3.8, 4) is 17.2 Å². The Labute approximate surface area is 211 Å². The highest BCUT2D eigenvalue weighted by Gasteiger charge is 2.33. The molecule has 0 aromatic heterocycles. The number of carbonyl (C=O) groups excluding carboxylic acids is 1. The highest BCUT2D eigenvalue weighted by atomic mass is 35.5. The molecule has 1 atom stereocenters. The number of hydrogen-bond donors (Lipinski definition) is 1. The Morgan fingerprint density at radius 2 is 1.77 bits per heavy atom. The summed E-state index contributed by atoms with van der Waals surface area (Å²) >= 11 is 6.11. The van der Waals surface area contributed by atoms with Gasteiger partial charge in [0.05, 0.1) is 20.3 Å². The van der Waals surface area contributed by atoms with Crippen LogP contribution in [0.15, 0.2) is 60.7 Å². The van der Waals surface area contributed by atoms with Crippen LogP contribution in [0, 0.1) is 0 Å². The van der Waals surface area contributed by atoms with E-state index in [9.17, 15) is 4.79 Å². The normalized spacial score (nSPS) is 14.9. The fourth-order valence-electron chi connectivity index (χ4n) is 4.34. The molecular formula is C28H31ClN2O4. The van der Waals surface area contributed by atoms with Gasteiger partial charge in [0.1, 0.15) is 12.4 Å². The van der Waals surface area contributed by atoms with E-state index in [0.717, 1.165) is 16.9 Å². The van der Waals surface area contributed by atoms with E-state index >= 15 is 0 Å². The largest absolute Gasteiger partial charge is 0.493 e. The summed E-state index contributed by atoms with van der Waals surface area (Å²) in [6.07, 6.45) is 0.693. The highest BCUT2D eigenvalue weighted by Crippen LogP contribution is 2.38. The van der Waals surface area contributed by atoms with Gasteiger partial charge in [-0.3, -0.25) is 0 Å². The monoisotopic (exact) mass is 494 g/mol. The molecule has 3 aromatic rings. The van der Waals surface area contributed by atoms with Crippen molar-refractivity contribution in [2.45, 2.75) is 32.2 Å². The van der Waals surface area contributed by atoms with Crippen molar-refractivity contribution < 1.29 is 19.0 Å². The van der Waals surface area contributed by atoms with Crippen LogP contribution in [0.1, 0.15) is 42.5 Å². The number of methoxy groups -OCH3 is 2. The van der Waals surface area contributed by atoms with Gasteiger partial charge in [0.25, 0.3) is 0 Å². The number of anilines is 1. The molecule has 3 aromatic carbocycles. The quantitative estimate of drug-likeness (QED) is 0.397. The maximum Gasteiger partial charge on any atom is 0.322 e. The summed E-state index contributed by atoms with van der Waals surface area (Å²) in [5.41, 5.74) is 3.98. The Morgan fingerprint density at radius 1 is 1.06 bits per heavy atom. The van der Waals surface area contributed by atoms with Crippen LogP contribution >= 0.6 is 11.6 Å². The third-order valence-corrected chi connectivity index (χ3v) is 6.53. The second-order valence-electron chi connectivity index (χ2n) is 8.84. The van der Waals surface area contributed by atoms with Crippen molar-refractivity contribution in [2.24, 2.45) is 0 Å². The number of urea groups is 1. The van der Waals surface area contributed by atoms with E-state index in [-0.39, 0.29) is 12.1 Å². The number of carbonyl (C=O) groups is 1. The van der Waals surface area contributed by atoms with Gasteiger partial charge in [-0.2, -0.15) is 0 Å². The lowest BCUT2D eigenvalue weighted by atomic mass is 9.92. The molecule has 2 amide bonds. The molecule has 184 valence electrons. The number of rotatable bonds is 7. The molecule has 0 unspecified atom stereocenters. The maximum atomic E-state index is 13.4. The molecule has 0 fully saturated rings. The molecule has 1 heterocycles. The minimum atomic E-state index is -0.317. The molecule has 0 aliphatic carbocycles. The zero-order valence-corrected chi connectivity index (χ0v) is 21.3. The molecule has 6 nitrogen and oxygen atoms in total. The van der Waals surface area contributed by atoms with E-state index < -0.39 is 0 Å². The van der Waals surface area contributed by atoms with Crippen molar-refractivity contribution in [3.05, 3.63) is 82.4 Å². The number of amides is 2. The summed E-state index contributed by atoms with van der Waals surface area (Å²) in [5, 5.41) is 3.54. The molecule has 35 heavy (non-hydrogen) atoms. The Balaban J connectivity index is 1.62. The van der Waals surface area contributed by atoms with Crippen molar-refractivity contribution in [2.75, 3.05) is 32.7 Å². The van der Waals surface area contributed by atoms with Crippen LogP contribution in [0.25, 0.3) is 0 Å². The predicted molar refractivity (Wildman–Crippen MR) is 139 cm³/mol. The number of ether oxygens (including phenoxy) is 3. The molecule has 0 spiro atoms. The predicted octanol–water partition coefficient (Wildman–Crippen LogP) is 6.69. The lowest BCUT2D eigenvalue weighted by molar-refractivity contribution is 0.144. The molecule has 1 N–H and O–H groups in total. The highest BCUT2D eigenvalue weighted by molar-refractivity contribution is 6.30. The van der Waals surface area contributed by atoms with Gasteiger partial charge in [-0.25, -0.2) is 4.79 Å². The number of nitrogens with one attached hydrogen (secondary N) is 1. The van der Waals surface area contributed by atoms with Gasteiger partial charge in [0, 0.05) is 17.3 Å². The van der Waals surface area contributed by atoms with Gasteiger partial charge in [-0.05, 0) is 71.5 Å². The van der Waals surface area contributed by atoms with Crippen LogP contribution in [-0.4, -0.2) is 38.3 Å². The standard InChI is InChI=1S/C28H31ClN2O4/c1-18(2)19-8-10-23(11-9-19)35-17-25-24-16-27(34-4)26(33-3)14-20(24)12-13-31(25)28(32)30-22-7-5-6-21(29)15-22/h5-11,14-16,18,25H,12-13,17H2,1-4H3,(H,30,32)/t25-/m1/s1. The summed E-state index contributed by atoms with van der Waals surface area (Å²) in [6.45, 7) is 5.15. The van der Waals surface area contributed by atoms with Crippen LogP contribution < -0.4 is 19.5 Å². The summed E-state index contributed by atoms with van der Waals surface area (Å²) < 4.78 is 17.3. The van der Waals surface area contributed by atoms with E-state index in [1.54, 1.807) is 31.3 Å². The molecule has 0 saturated heterocycles. The molecule has 1 aliphatic rings. The van der Waals surface area contributed by atoms with E-state index in [0.29, 0.717) is 47.7 Å². The van der Waals surface area contributed by atoms with Crippen molar-refractivity contribution in [3.63, 3.8) is 0 Å². The molecule has 1 aliphatic heterocycles. The average molecular weight is 495 g/mol. The zero-order chi connectivity index (χ0) is 24.9. The van der Waals surface area contributed by atoms with Gasteiger partial charge in [0.15, 0.2) is 11.5 Å². The van der Waals surface area contributed by atoms with E-state index in [1.807, 2.05) is 36.4 Å². The zero-order valence-electron chi connectivity index (χ0n) is 20.5. The minimum absolute atomic E-state index is 0.212. The van der Waals surface area contributed by atoms with Gasteiger partial charge in [-0.15, -0.1) is 0 Å². The molecular weight excluding hydrogens is 464 g/mol. The summed E-state index contributed by atoms with van der Waals surface area (Å²) in [7, 11) is 3.23. The van der Waals surface area contributed by atoms with Crippen LogP contribution in [0.5, 0.6) is 17.2 Å². The Kier molecular flexibility index (Phi) is 7.71. The van der Waals surface area contributed by atoms with Gasteiger partial charge in [-0.1, -0.05) is 43.6 Å². The first-order valence-corrected chi connectivity index (χ1v) is 12.1. The number of nitrogens with zero attached hydrogens (tertiary/aromatic N) is 1. The van der Waals surface area contributed by atoms with Crippen LogP contribution in [0.2, 0.25) is 5.02 Å². The third-order valence-electron chi connectivity index (χ3n) is 6.29.